The number of pyridine rings is 2. The normalized spacial score (nSPS) is 14.8. The minimum absolute atomic E-state index is 0.153. The summed E-state index contributed by atoms with van der Waals surface area (Å²) in [6.07, 6.45) is 14.5. The number of likely N-dealkylation sites (tertiary alicyclic amines) is 1. The third-order valence-corrected chi connectivity index (χ3v) is 7.00. The number of H-pyrrole nitrogens is 2. The molecule has 4 aromatic heterocycles. The monoisotopic (exact) mass is 536 g/mol. The van der Waals surface area contributed by atoms with Crippen molar-refractivity contribution in [3.8, 4) is 22.8 Å². The summed E-state index contributed by atoms with van der Waals surface area (Å²) in [6.45, 7) is 17.0. The number of fused-ring (bicyclic) bond motifs is 1. The molecule has 8 nitrogen and oxygen atoms in total. The lowest BCUT2D eigenvalue weighted by Crippen LogP contribution is -2.28. The van der Waals surface area contributed by atoms with Crippen LogP contribution in [0.4, 0.5) is 5.69 Å². The van der Waals surface area contributed by atoms with E-state index >= 15 is 0 Å². The first kappa shape index (κ1) is 27.4. The number of hydrogen-bond donors (Lipinski definition) is 3. The number of imidazole rings is 1. The van der Waals surface area contributed by atoms with E-state index in [1.165, 1.54) is 19.3 Å². The molecule has 5 rings (SSSR count). The average Bonchev–Trinajstić information content (AvgIpc) is 3.51. The number of rotatable bonds is 8. The van der Waals surface area contributed by atoms with Gasteiger partial charge in [-0.1, -0.05) is 39.5 Å². The molecule has 0 radical (unpaired) electrons. The van der Waals surface area contributed by atoms with Crippen LogP contribution in [0.1, 0.15) is 64.8 Å². The van der Waals surface area contributed by atoms with Crippen molar-refractivity contribution in [1.29, 1.82) is 0 Å². The molecule has 40 heavy (non-hydrogen) atoms. The minimum Gasteiger partial charge on any atom is -0.370 e. The molecule has 3 N–H and O–H groups in total. The van der Waals surface area contributed by atoms with E-state index in [0.717, 1.165) is 70.3 Å². The Kier molecular flexibility index (Phi) is 7.87. The van der Waals surface area contributed by atoms with Crippen LogP contribution in [0.5, 0.6) is 0 Å². The highest BCUT2D eigenvalue weighted by Gasteiger charge is 2.22. The highest BCUT2D eigenvalue weighted by Crippen LogP contribution is 2.31. The summed E-state index contributed by atoms with van der Waals surface area (Å²) >= 11 is 0. The molecule has 1 aliphatic heterocycles. The van der Waals surface area contributed by atoms with E-state index in [4.69, 9.17) is 9.97 Å². The van der Waals surface area contributed by atoms with Gasteiger partial charge in [-0.05, 0) is 69.2 Å². The zero-order valence-corrected chi connectivity index (χ0v) is 24.3. The molecule has 0 amide bonds. The summed E-state index contributed by atoms with van der Waals surface area (Å²) in [7, 11) is 0. The smallest absolute Gasteiger partial charge is 0.161 e. The van der Waals surface area contributed by atoms with E-state index in [0.29, 0.717) is 11.5 Å². The number of nitrogens with zero attached hydrogens (tertiary/aromatic N) is 5. The van der Waals surface area contributed by atoms with Crippen molar-refractivity contribution in [2.45, 2.75) is 60.3 Å². The lowest BCUT2D eigenvalue weighted by atomic mass is 9.91. The van der Waals surface area contributed by atoms with E-state index in [2.05, 4.69) is 89.0 Å². The number of hydrogen-bond acceptors (Lipinski definition) is 6. The molecule has 0 spiro atoms. The standard InChI is InChI=1S/C32H40N8/c1-7-8-12-27(40-15-10-9-11-16-40)28-22(3)35-31(37-28)30-29-26(38-39-30)14-13-25(36-29)23-17-24(20-33-19-23)34-21(2)18-32(4,5)6/h7-8,12-14,17,19-20,34H,2,9-11,15-16,18H2,1,3-6H3,(H,35,37)(H,38,39)/b8-7-,27-12+. The van der Waals surface area contributed by atoms with Gasteiger partial charge in [-0.2, -0.15) is 5.10 Å². The van der Waals surface area contributed by atoms with Crippen molar-refractivity contribution in [2.75, 3.05) is 18.4 Å². The Bertz CT molecular complexity index is 1560. The Morgan fingerprint density at radius 1 is 1.12 bits per heavy atom. The number of aryl methyl sites for hydroxylation is 1. The molecule has 1 fully saturated rings. The Hall–Kier alpha value is -4.20. The quantitative estimate of drug-likeness (QED) is 0.202. The van der Waals surface area contributed by atoms with Crippen LogP contribution in [0, 0.1) is 12.3 Å². The van der Waals surface area contributed by atoms with Gasteiger partial charge in [-0.25, -0.2) is 9.97 Å². The van der Waals surface area contributed by atoms with Crippen LogP contribution < -0.4 is 5.32 Å². The highest BCUT2D eigenvalue weighted by atomic mass is 15.2. The molecule has 0 saturated carbocycles. The zero-order valence-electron chi connectivity index (χ0n) is 24.3. The number of nitrogens with one attached hydrogen (secondary N) is 3. The molecule has 0 unspecified atom stereocenters. The van der Waals surface area contributed by atoms with E-state index in [9.17, 15) is 0 Å². The Morgan fingerprint density at radius 3 is 2.67 bits per heavy atom. The van der Waals surface area contributed by atoms with Crippen LogP contribution >= 0.6 is 0 Å². The van der Waals surface area contributed by atoms with E-state index in [-0.39, 0.29) is 5.41 Å². The summed E-state index contributed by atoms with van der Waals surface area (Å²) in [5, 5.41) is 11.2. The second-order valence-electron chi connectivity index (χ2n) is 11.8. The van der Waals surface area contributed by atoms with Crippen LogP contribution in [0.15, 0.2) is 61.1 Å². The van der Waals surface area contributed by atoms with Gasteiger partial charge >= 0.3 is 0 Å². The van der Waals surface area contributed by atoms with Crippen LogP contribution in [-0.4, -0.2) is 48.1 Å². The predicted octanol–water partition coefficient (Wildman–Crippen LogP) is 7.48. The summed E-state index contributed by atoms with van der Waals surface area (Å²) in [4.78, 5) is 20.5. The first-order valence-electron chi connectivity index (χ1n) is 14.1. The maximum absolute atomic E-state index is 5.06. The number of aromatic nitrogens is 6. The molecule has 1 aliphatic rings. The van der Waals surface area contributed by atoms with Crippen LogP contribution in [0.25, 0.3) is 39.5 Å². The molecule has 0 aliphatic carbocycles. The van der Waals surface area contributed by atoms with Crippen molar-refractivity contribution in [3.05, 3.63) is 72.5 Å². The van der Waals surface area contributed by atoms with E-state index in [1.54, 1.807) is 0 Å². The van der Waals surface area contributed by atoms with E-state index in [1.807, 2.05) is 31.5 Å². The Balaban J connectivity index is 1.47. The van der Waals surface area contributed by atoms with Crippen molar-refractivity contribution in [1.82, 2.24) is 35.0 Å². The number of aromatic amines is 2. The molecule has 5 heterocycles. The minimum atomic E-state index is 0.153. The van der Waals surface area contributed by atoms with Crippen LogP contribution in [0.3, 0.4) is 0 Å². The van der Waals surface area contributed by atoms with Crippen molar-refractivity contribution in [3.63, 3.8) is 0 Å². The zero-order chi connectivity index (χ0) is 28.3. The van der Waals surface area contributed by atoms with E-state index < -0.39 is 0 Å². The Labute approximate surface area is 236 Å². The van der Waals surface area contributed by atoms with Gasteiger partial charge in [0.25, 0.3) is 0 Å². The molecular formula is C32H40N8. The third-order valence-electron chi connectivity index (χ3n) is 7.00. The Morgan fingerprint density at radius 2 is 1.93 bits per heavy atom. The van der Waals surface area contributed by atoms with Gasteiger partial charge in [0, 0.05) is 36.2 Å². The summed E-state index contributed by atoms with van der Waals surface area (Å²) < 4.78 is 0. The third kappa shape index (κ3) is 6.17. The molecule has 0 bridgehead atoms. The lowest BCUT2D eigenvalue weighted by Gasteiger charge is -2.30. The maximum Gasteiger partial charge on any atom is 0.161 e. The average molecular weight is 537 g/mol. The lowest BCUT2D eigenvalue weighted by molar-refractivity contribution is 0.325. The summed E-state index contributed by atoms with van der Waals surface area (Å²) in [5.74, 6) is 0.707. The largest absolute Gasteiger partial charge is 0.370 e. The van der Waals surface area contributed by atoms with Crippen LogP contribution in [-0.2, 0) is 0 Å². The first-order valence-corrected chi connectivity index (χ1v) is 14.1. The van der Waals surface area contributed by atoms with Gasteiger partial charge in [-0.15, -0.1) is 0 Å². The molecule has 8 heteroatoms. The number of anilines is 1. The van der Waals surface area contributed by atoms with Gasteiger partial charge in [0.15, 0.2) is 11.5 Å². The first-order chi connectivity index (χ1) is 19.2. The number of piperidine rings is 1. The van der Waals surface area contributed by atoms with Gasteiger partial charge in [0.1, 0.15) is 11.2 Å². The molecule has 4 aromatic rings. The second kappa shape index (κ2) is 11.5. The fourth-order valence-electron chi connectivity index (χ4n) is 5.24. The summed E-state index contributed by atoms with van der Waals surface area (Å²) in [5.41, 5.74) is 9.20. The second-order valence-corrected chi connectivity index (χ2v) is 11.8. The number of allylic oxidation sites excluding steroid dienone is 4. The van der Waals surface area contributed by atoms with Crippen molar-refractivity contribution in [2.24, 2.45) is 5.41 Å². The van der Waals surface area contributed by atoms with Gasteiger partial charge in [0.2, 0.25) is 0 Å². The van der Waals surface area contributed by atoms with Gasteiger partial charge in [-0.3, -0.25) is 10.1 Å². The van der Waals surface area contributed by atoms with Gasteiger partial charge in [0.05, 0.1) is 28.8 Å². The predicted molar refractivity (Wildman–Crippen MR) is 164 cm³/mol. The van der Waals surface area contributed by atoms with Crippen molar-refractivity contribution >= 4 is 22.4 Å². The molecule has 1 saturated heterocycles. The fraction of sp³-hybridized carbons (Fsp3) is 0.375. The van der Waals surface area contributed by atoms with Crippen LogP contribution in [0.2, 0.25) is 0 Å². The molecule has 208 valence electrons. The topological polar surface area (TPSA) is 98.4 Å². The fourth-order valence-corrected chi connectivity index (χ4v) is 5.24. The molecular weight excluding hydrogens is 496 g/mol. The SMILES string of the molecule is C=C(CC(C)(C)C)Nc1cncc(-c2ccc3[nH]nc(-c4nc(/C(=C\C=C/C)N5CCCCC5)c(C)[nH]4)c3n2)c1. The van der Waals surface area contributed by atoms with Gasteiger partial charge < -0.3 is 15.2 Å². The molecule has 0 atom stereocenters. The van der Waals surface area contributed by atoms with Crippen molar-refractivity contribution < 1.29 is 0 Å². The maximum atomic E-state index is 5.06. The summed E-state index contributed by atoms with van der Waals surface area (Å²) in [6, 6.07) is 6.05. The molecule has 0 aromatic carbocycles. The highest BCUT2D eigenvalue weighted by molar-refractivity contribution is 5.89.